The fraction of sp³-hybridized carbons (Fsp3) is 0.0392. The number of hydrogen-bond acceptors (Lipinski definition) is 2. The quantitative estimate of drug-likeness (QED) is 0.161. The minimum atomic E-state index is -0.455. The van der Waals surface area contributed by atoms with Crippen molar-refractivity contribution in [2.75, 3.05) is 0 Å². The highest BCUT2D eigenvalue weighted by Crippen LogP contribution is 2.62. The second kappa shape index (κ2) is 12.8. The molecule has 2 nitrogen and oxygen atoms in total. The van der Waals surface area contributed by atoms with Gasteiger partial charge in [-0.05, 0) is 103 Å². The Morgan fingerprint density at radius 1 is 0.396 bits per heavy atom. The van der Waals surface area contributed by atoms with Crippen LogP contribution < -0.4 is 4.74 Å². The number of para-hydroxylation sites is 2. The predicted octanol–water partition coefficient (Wildman–Crippen LogP) is 12.8. The van der Waals surface area contributed by atoms with Crippen LogP contribution in [0.5, 0.6) is 11.5 Å². The van der Waals surface area contributed by atoms with Crippen LogP contribution in [0.4, 0.5) is 0 Å². The first-order valence-corrected chi connectivity index (χ1v) is 18.2. The molecule has 1 aliphatic heterocycles. The molecule has 0 unspecified atom stereocenters. The molecule has 2 heteroatoms. The third-order valence-electron chi connectivity index (χ3n) is 10.8. The van der Waals surface area contributed by atoms with Crippen LogP contribution in [0.3, 0.4) is 0 Å². The fourth-order valence-electron chi connectivity index (χ4n) is 8.43. The van der Waals surface area contributed by atoms with Gasteiger partial charge in [0.15, 0.2) is 0 Å². The Morgan fingerprint density at radius 2 is 0.906 bits per heavy atom. The Morgan fingerprint density at radius 3 is 1.57 bits per heavy atom. The van der Waals surface area contributed by atoms with E-state index in [0.29, 0.717) is 6.54 Å². The number of fused-ring (bicyclic) bond motifs is 9. The van der Waals surface area contributed by atoms with Crippen molar-refractivity contribution in [3.63, 3.8) is 0 Å². The number of hydrogen-bond donors (Lipinski definition) is 0. The molecule has 0 saturated heterocycles. The molecule has 1 aliphatic carbocycles. The van der Waals surface area contributed by atoms with Gasteiger partial charge in [0, 0.05) is 17.3 Å². The number of benzene rings is 8. The molecule has 53 heavy (non-hydrogen) atoms. The SMILES string of the molecule is C(=N\Cc1ccccc1)/c1cccc(-c2cccc(-c3cccc(-c4ccc5c(c4)-c4ccccc4C54c5ccccc5Oc5ccccc54)c3)c2)c1. The summed E-state index contributed by atoms with van der Waals surface area (Å²) in [6.45, 7) is 0.672. The van der Waals surface area contributed by atoms with Gasteiger partial charge in [0.1, 0.15) is 11.5 Å². The summed E-state index contributed by atoms with van der Waals surface area (Å²) in [5.41, 5.74) is 16.5. The standard InChI is InChI=1S/C51H35NO/c1-2-13-35(14-3-1)33-52-34-36-15-10-16-37(29-36)38-17-11-18-39(30-38)40-19-12-20-41(31-40)42-27-28-46-44(32-42)43-21-4-5-22-45(43)51(46)47-23-6-8-25-49(47)53-50-26-9-7-24-48(50)51/h1-32,34H,33H2/b52-34+. The lowest BCUT2D eigenvalue weighted by Crippen LogP contribution is -2.32. The van der Waals surface area contributed by atoms with Crippen molar-refractivity contribution in [1.82, 2.24) is 0 Å². The Hall–Kier alpha value is -6.77. The molecule has 0 fully saturated rings. The first-order valence-electron chi connectivity index (χ1n) is 18.2. The normalized spacial score (nSPS) is 13.2. The van der Waals surface area contributed by atoms with Gasteiger partial charge in [-0.2, -0.15) is 0 Å². The lowest BCUT2D eigenvalue weighted by atomic mass is 9.66. The average Bonchev–Trinajstić information content (AvgIpc) is 3.51. The van der Waals surface area contributed by atoms with Crippen LogP contribution in [0, 0.1) is 0 Å². The molecule has 0 saturated carbocycles. The number of ether oxygens (including phenoxy) is 1. The largest absolute Gasteiger partial charge is 0.457 e. The Balaban J connectivity index is 1.01. The van der Waals surface area contributed by atoms with Crippen molar-refractivity contribution in [2.45, 2.75) is 12.0 Å². The number of nitrogens with zero attached hydrogens (tertiary/aromatic N) is 1. The summed E-state index contributed by atoms with van der Waals surface area (Å²) in [5.74, 6) is 1.83. The molecule has 0 bridgehead atoms. The zero-order valence-corrected chi connectivity index (χ0v) is 29.1. The minimum absolute atomic E-state index is 0.455. The summed E-state index contributed by atoms with van der Waals surface area (Å²) < 4.78 is 6.51. The molecule has 0 amide bonds. The Bertz CT molecular complexity index is 2640. The van der Waals surface area contributed by atoms with Crippen LogP contribution in [-0.2, 0) is 12.0 Å². The van der Waals surface area contributed by atoms with Gasteiger partial charge in [0.25, 0.3) is 0 Å². The molecular formula is C51H35NO. The first kappa shape index (κ1) is 31.0. The lowest BCUT2D eigenvalue weighted by molar-refractivity contribution is 0.436. The van der Waals surface area contributed by atoms with Crippen molar-refractivity contribution < 1.29 is 4.74 Å². The molecule has 8 aromatic carbocycles. The van der Waals surface area contributed by atoms with E-state index >= 15 is 0 Å². The third kappa shape index (κ3) is 5.22. The molecule has 2 aliphatic rings. The highest BCUT2D eigenvalue weighted by Gasteiger charge is 2.50. The van der Waals surface area contributed by atoms with E-state index < -0.39 is 5.41 Å². The van der Waals surface area contributed by atoms with Crippen molar-refractivity contribution >= 4 is 6.21 Å². The van der Waals surface area contributed by atoms with Crippen molar-refractivity contribution in [1.29, 1.82) is 0 Å². The molecule has 0 atom stereocenters. The van der Waals surface area contributed by atoms with Gasteiger partial charge >= 0.3 is 0 Å². The molecule has 0 aromatic heterocycles. The summed E-state index contributed by atoms with van der Waals surface area (Å²) in [4.78, 5) is 4.70. The molecule has 8 aromatic rings. The molecule has 10 rings (SSSR count). The van der Waals surface area contributed by atoms with E-state index in [0.717, 1.165) is 17.1 Å². The van der Waals surface area contributed by atoms with Crippen LogP contribution in [0.15, 0.2) is 199 Å². The van der Waals surface area contributed by atoms with E-state index in [4.69, 9.17) is 9.73 Å². The van der Waals surface area contributed by atoms with Crippen LogP contribution in [0.2, 0.25) is 0 Å². The minimum Gasteiger partial charge on any atom is -0.457 e. The lowest BCUT2D eigenvalue weighted by Gasteiger charge is -2.39. The van der Waals surface area contributed by atoms with Gasteiger partial charge in [0.2, 0.25) is 0 Å². The third-order valence-corrected chi connectivity index (χ3v) is 10.8. The van der Waals surface area contributed by atoms with Gasteiger partial charge < -0.3 is 4.74 Å². The zero-order chi connectivity index (χ0) is 35.2. The van der Waals surface area contributed by atoms with Gasteiger partial charge in [-0.1, -0.05) is 158 Å². The summed E-state index contributed by atoms with van der Waals surface area (Å²) in [6, 6.07) is 69.8. The van der Waals surface area contributed by atoms with Crippen LogP contribution in [-0.4, -0.2) is 6.21 Å². The Labute approximate surface area is 310 Å². The second-order valence-corrected chi connectivity index (χ2v) is 13.9. The summed E-state index contributed by atoms with van der Waals surface area (Å²) >= 11 is 0. The molecule has 1 heterocycles. The number of aliphatic imine (C=N–C) groups is 1. The van der Waals surface area contributed by atoms with Gasteiger partial charge in [-0.25, -0.2) is 0 Å². The maximum atomic E-state index is 6.51. The predicted molar refractivity (Wildman–Crippen MR) is 218 cm³/mol. The highest BCUT2D eigenvalue weighted by atomic mass is 16.5. The smallest absolute Gasteiger partial charge is 0.132 e. The number of rotatable bonds is 6. The molecule has 250 valence electrons. The topological polar surface area (TPSA) is 21.6 Å². The Kier molecular flexibility index (Phi) is 7.47. The summed E-state index contributed by atoms with van der Waals surface area (Å²) in [5, 5.41) is 0. The maximum Gasteiger partial charge on any atom is 0.132 e. The van der Waals surface area contributed by atoms with E-state index in [1.165, 1.54) is 72.3 Å². The van der Waals surface area contributed by atoms with Gasteiger partial charge in [0.05, 0.1) is 12.0 Å². The van der Waals surface area contributed by atoms with E-state index in [2.05, 4.69) is 188 Å². The summed E-state index contributed by atoms with van der Waals surface area (Å²) in [7, 11) is 0. The molecule has 0 N–H and O–H groups in total. The molecular weight excluding hydrogens is 643 g/mol. The van der Waals surface area contributed by atoms with E-state index in [1.54, 1.807) is 0 Å². The van der Waals surface area contributed by atoms with Crippen molar-refractivity contribution in [3.05, 3.63) is 228 Å². The van der Waals surface area contributed by atoms with Crippen LogP contribution in [0.25, 0.3) is 44.5 Å². The molecule has 1 spiro atoms. The van der Waals surface area contributed by atoms with Crippen LogP contribution in [0.1, 0.15) is 33.4 Å². The van der Waals surface area contributed by atoms with E-state index in [1.807, 2.05) is 12.3 Å². The van der Waals surface area contributed by atoms with Crippen molar-refractivity contribution in [2.24, 2.45) is 4.99 Å². The average molecular weight is 678 g/mol. The fourth-order valence-corrected chi connectivity index (χ4v) is 8.43. The van der Waals surface area contributed by atoms with Gasteiger partial charge in [-0.15, -0.1) is 0 Å². The van der Waals surface area contributed by atoms with Crippen LogP contribution >= 0.6 is 0 Å². The van der Waals surface area contributed by atoms with Crippen molar-refractivity contribution in [3.8, 4) is 56.0 Å². The second-order valence-electron chi connectivity index (χ2n) is 13.9. The summed E-state index contributed by atoms with van der Waals surface area (Å²) in [6.07, 6.45) is 1.97. The van der Waals surface area contributed by atoms with E-state index in [9.17, 15) is 0 Å². The first-order chi connectivity index (χ1) is 26.3. The highest BCUT2D eigenvalue weighted by molar-refractivity contribution is 5.91. The molecule has 0 radical (unpaired) electrons. The van der Waals surface area contributed by atoms with Gasteiger partial charge in [-0.3, -0.25) is 4.99 Å². The van der Waals surface area contributed by atoms with E-state index in [-0.39, 0.29) is 0 Å². The monoisotopic (exact) mass is 677 g/mol. The maximum absolute atomic E-state index is 6.51. The zero-order valence-electron chi connectivity index (χ0n) is 29.1.